The van der Waals surface area contributed by atoms with E-state index in [2.05, 4.69) is 9.97 Å². The highest BCUT2D eigenvalue weighted by Crippen LogP contribution is 2.21. The van der Waals surface area contributed by atoms with Gasteiger partial charge in [0, 0.05) is 18.8 Å². The largest absolute Gasteiger partial charge is 0.508 e. The van der Waals surface area contributed by atoms with Gasteiger partial charge in [-0.1, -0.05) is 18.2 Å². The SMILES string of the molecule is Oc1ccc(Cc2nc3cccnc3n2-c2ccccn2)cc1. The van der Waals surface area contributed by atoms with E-state index in [1.54, 1.807) is 24.5 Å². The Morgan fingerprint density at radius 2 is 1.70 bits per heavy atom. The summed E-state index contributed by atoms with van der Waals surface area (Å²) in [4.78, 5) is 13.6. The molecular weight excluding hydrogens is 288 g/mol. The molecule has 1 N–H and O–H groups in total. The minimum Gasteiger partial charge on any atom is -0.508 e. The second kappa shape index (κ2) is 5.53. The molecule has 3 heterocycles. The van der Waals surface area contributed by atoms with Crippen LogP contribution >= 0.6 is 0 Å². The van der Waals surface area contributed by atoms with Crippen LogP contribution < -0.4 is 0 Å². The van der Waals surface area contributed by atoms with Crippen LogP contribution in [0.3, 0.4) is 0 Å². The lowest BCUT2D eigenvalue weighted by Crippen LogP contribution is -2.04. The first kappa shape index (κ1) is 13.5. The molecule has 0 aliphatic carbocycles. The highest BCUT2D eigenvalue weighted by atomic mass is 16.3. The Hall–Kier alpha value is -3.21. The summed E-state index contributed by atoms with van der Waals surface area (Å²) in [6, 6.07) is 16.7. The van der Waals surface area contributed by atoms with Crippen LogP contribution in [0.1, 0.15) is 11.4 Å². The van der Waals surface area contributed by atoms with Crippen molar-refractivity contribution < 1.29 is 5.11 Å². The predicted octanol–water partition coefficient (Wildman–Crippen LogP) is 3.11. The van der Waals surface area contributed by atoms with Crippen molar-refractivity contribution in [3.63, 3.8) is 0 Å². The normalized spacial score (nSPS) is 11.0. The number of rotatable bonds is 3. The Bertz CT molecular complexity index is 946. The maximum atomic E-state index is 9.43. The molecule has 4 rings (SSSR count). The molecule has 0 amide bonds. The molecule has 0 aliphatic rings. The number of pyridine rings is 2. The third-order valence-corrected chi connectivity index (χ3v) is 3.66. The van der Waals surface area contributed by atoms with Crippen molar-refractivity contribution in [1.82, 2.24) is 19.5 Å². The van der Waals surface area contributed by atoms with Crippen LogP contribution in [-0.2, 0) is 6.42 Å². The zero-order valence-electron chi connectivity index (χ0n) is 12.3. The van der Waals surface area contributed by atoms with E-state index >= 15 is 0 Å². The zero-order valence-corrected chi connectivity index (χ0v) is 12.3. The zero-order chi connectivity index (χ0) is 15.6. The van der Waals surface area contributed by atoms with Crippen molar-refractivity contribution in [2.24, 2.45) is 0 Å². The molecule has 112 valence electrons. The van der Waals surface area contributed by atoms with E-state index in [1.165, 1.54) is 0 Å². The standard InChI is InChI=1S/C18H14N4O/c23-14-8-6-13(7-9-14)12-17-21-15-4-3-11-20-18(15)22(17)16-5-1-2-10-19-16/h1-11,23H,12H2. The van der Waals surface area contributed by atoms with Crippen LogP contribution in [0, 0.1) is 0 Å². The number of aromatic hydroxyl groups is 1. The first-order valence-electron chi connectivity index (χ1n) is 7.33. The lowest BCUT2D eigenvalue weighted by molar-refractivity contribution is 0.475. The first-order valence-corrected chi connectivity index (χ1v) is 7.33. The molecule has 1 aromatic carbocycles. The lowest BCUT2D eigenvalue weighted by atomic mass is 10.1. The van der Waals surface area contributed by atoms with E-state index in [9.17, 15) is 5.11 Å². The smallest absolute Gasteiger partial charge is 0.165 e. The maximum Gasteiger partial charge on any atom is 0.165 e. The fourth-order valence-corrected chi connectivity index (χ4v) is 2.60. The van der Waals surface area contributed by atoms with E-state index in [-0.39, 0.29) is 5.75 Å². The highest BCUT2D eigenvalue weighted by molar-refractivity contribution is 5.73. The number of aromatic nitrogens is 4. The van der Waals surface area contributed by atoms with Gasteiger partial charge >= 0.3 is 0 Å². The second-order valence-electron chi connectivity index (χ2n) is 5.24. The number of benzene rings is 1. The van der Waals surface area contributed by atoms with Gasteiger partial charge in [0.1, 0.15) is 22.9 Å². The van der Waals surface area contributed by atoms with Gasteiger partial charge in [-0.15, -0.1) is 0 Å². The van der Waals surface area contributed by atoms with Crippen LogP contribution in [0.15, 0.2) is 67.0 Å². The Labute approximate surface area is 132 Å². The summed E-state index contributed by atoms with van der Waals surface area (Å²) in [5.74, 6) is 1.92. The van der Waals surface area contributed by atoms with Gasteiger partial charge < -0.3 is 5.11 Å². The predicted molar refractivity (Wildman–Crippen MR) is 87.6 cm³/mol. The third-order valence-electron chi connectivity index (χ3n) is 3.66. The molecule has 5 heteroatoms. The van der Waals surface area contributed by atoms with E-state index in [0.717, 1.165) is 28.4 Å². The summed E-state index contributed by atoms with van der Waals surface area (Å²) in [6.45, 7) is 0. The molecule has 0 saturated heterocycles. The quantitative estimate of drug-likeness (QED) is 0.631. The molecule has 5 nitrogen and oxygen atoms in total. The lowest BCUT2D eigenvalue weighted by Gasteiger charge is -2.07. The van der Waals surface area contributed by atoms with Crippen molar-refractivity contribution >= 4 is 11.2 Å². The Balaban J connectivity index is 1.87. The van der Waals surface area contributed by atoms with Crippen molar-refractivity contribution in [2.75, 3.05) is 0 Å². The van der Waals surface area contributed by atoms with Crippen LogP contribution in [0.4, 0.5) is 0 Å². The molecule has 0 spiro atoms. The van der Waals surface area contributed by atoms with Crippen molar-refractivity contribution in [1.29, 1.82) is 0 Å². The van der Waals surface area contributed by atoms with Gasteiger partial charge in [0.05, 0.1) is 0 Å². The van der Waals surface area contributed by atoms with Crippen molar-refractivity contribution in [2.45, 2.75) is 6.42 Å². The van der Waals surface area contributed by atoms with Gasteiger partial charge in [0.15, 0.2) is 5.65 Å². The number of phenolic OH excluding ortho intramolecular Hbond substituents is 1. The number of hydrogen-bond donors (Lipinski definition) is 1. The summed E-state index contributed by atoms with van der Waals surface area (Å²) in [6.07, 6.45) is 4.15. The molecule has 3 aromatic heterocycles. The third kappa shape index (κ3) is 2.53. The molecular formula is C18H14N4O. The van der Waals surface area contributed by atoms with Gasteiger partial charge in [-0.3, -0.25) is 4.57 Å². The van der Waals surface area contributed by atoms with Crippen LogP contribution in [0.25, 0.3) is 17.0 Å². The minimum absolute atomic E-state index is 0.258. The molecule has 0 aliphatic heterocycles. The number of fused-ring (bicyclic) bond motifs is 1. The van der Waals surface area contributed by atoms with Gasteiger partial charge in [-0.05, 0) is 42.0 Å². The average Bonchev–Trinajstić information content (AvgIpc) is 2.95. The Kier molecular flexibility index (Phi) is 3.24. The molecule has 0 unspecified atom stereocenters. The topological polar surface area (TPSA) is 63.8 Å². The Morgan fingerprint density at radius 1 is 0.870 bits per heavy atom. The summed E-state index contributed by atoms with van der Waals surface area (Å²) in [7, 11) is 0. The van der Waals surface area contributed by atoms with E-state index in [4.69, 9.17) is 4.98 Å². The molecule has 4 aromatic rings. The van der Waals surface area contributed by atoms with Crippen LogP contribution in [0.2, 0.25) is 0 Å². The maximum absolute atomic E-state index is 9.43. The fraction of sp³-hybridized carbons (Fsp3) is 0.0556. The molecule has 0 fully saturated rings. The molecule has 0 bridgehead atoms. The van der Waals surface area contributed by atoms with Crippen LogP contribution in [-0.4, -0.2) is 24.6 Å². The highest BCUT2D eigenvalue weighted by Gasteiger charge is 2.14. The van der Waals surface area contributed by atoms with Crippen molar-refractivity contribution in [3.8, 4) is 11.6 Å². The van der Waals surface area contributed by atoms with E-state index in [0.29, 0.717) is 6.42 Å². The number of imidazole rings is 1. The summed E-state index contributed by atoms with van der Waals surface area (Å²) >= 11 is 0. The summed E-state index contributed by atoms with van der Waals surface area (Å²) in [5, 5.41) is 9.43. The summed E-state index contributed by atoms with van der Waals surface area (Å²) in [5.41, 5.74) is 2.70. The van der Waals surface area contributed by atoms with Gasteiger partial charge in [-0.25, -0.2) is 15.0 Å². The van der Waals surface area contributed by atoms with E-state index in [1.807, 2.05) is 47.0 Å². The number of hydrogen-bond acceptors (Lipinski definition) is 4. The van der Waals surface area contributed by atoms with Gasteiger partial charge in [-0.2, -0.15) is 0 Å². The van der Waals surface area contributed by atoms with E-state index < -0.39 is 0 Å². The molecule has 23 heavy (non-hydrogen) atoms. The van der Waals surface area contributed by atoms with Gasteiger partial charge in [0.25, 0.3) is 0 Å². The monoisotopic (exact) mass is 302 g/mol. The fourth-order valence-electron chi connectivity index (χ4n) is 2.60. The van der Waals surface area contributed by atoms with Gasteiger partial charge in [0.2, 0.25) is 0 Å². The number of phenols is 1. The Morgan fingerprint density at radius 3 is 2.48 bits per heavy atom. The first-order chi connectivity index (χ1) is 11.3. The molecule has 0 atom stereocenters. The second-order valence-corrected chi connectivity index (χ2v) is 5.24. The minimum atomic E-state index is 0.258. The molecule has 0 radical (unpaired) electrons. The average molecular weight is 302 g/mol. The van der Waals surface area contributed by atoms with Crippen LogP contribution in [0.5, 0.6) is 5.75 Å². The van der Waals surface area contributed by atoms with Crippen molar-refractivity contribution in [3.05, 3.63) is 78.4 Å². The summed E-state index contributed by atoms with van der Waals surface area (Å²) < 4.78 is 1.97. The number of nitrogens with zero attached hydrogens (tertiary/aromatic N) is 4. The molecule has 0 saturated carbocycles.